The summed E-state index contributed by atoms with van der Waals surface area (Å²) in [7, 11) is -3.17. The van der Waals surface area contributed by atoms with Crippen LogP contribution in [-0.2, 0) is 9.84 Å². The highest BCUT2D eigenvalue weighted by atomic mass is 32.2. The molecule has 2 rings (SSSR count). The van der Waals surface area contributed by atoms with E-state index >= 15 is 0 Å². The Balaban J connectivity index is 2.22. The van der Waals surface area contributed by atoms with Crippen LogP contribution in [0.1, 0.15) is 5.56 Å². The highest BCUT2D eigenvalue weighted by molar-refractivity contribution is 7.94. The van der Waals surface area contributed by atoms with Crippen LogP contribution in [0.3, 0.4) is 0 Å². The molecule has 0 saturated carbocycles. The zero-order valence-corrected chi connectivity index (χ0v) is 10.4. The first-order chi connectivity index (χ1) is 8.91. The fourth-order valence-electron chi connectivity index (χ4n) is 1.75. The molecular weight excluding hydrogens is 270 g/mol. The number of benzene rings is 1. The Labute approximate surface area is 109 Å². The first kappa shape index (κ1) is 13.0. The number of nitrogens with zero attached hydrogens (tertiary/aromatic N) is 2. The van der Waals surface area contributed by atoms with Crippen LogP contribution >= 0.6 is 0 Å². The van der Waals surface area contributed by atoms with Crippen molar-refractivity contribution in [2.75, 3.05) is 11.1 Å². The van der Waals surface area contributed by atoms with E-state index in [4.69, 9.17) is 5.26 Å². The SMILES string of the molecule is N#Cc1cc(NC2C=CS(=O)(=O)C2)ccc1[N+](=O)[O-]. The Morgan fingerprint density at radius 1 is 1.47 bits per heavy atom. The molecule has 0 radical (unpaired) electrons. The minimum Gasteiger partial charge on any atom is -0.378 e. The summed E-state index contributed by atoms with van der Waals surface area (Å²) in [5, 5.41) is 23.5. The minimum atomic E-state index is -3.17. The molecule has 1 heterocycles. The van der Waals surface area contributed by atoms with Gasteiger partial charge in [0.05, 0.1) is 16.7 Å². The van der Waals surface area contributed by atoms with Crippen molar-refractivity contribution in [3.05, 3.63) is 45.4 Å². The summed E-state index contributed by atoms with van der Waals surface area (Å²) < 4.78 is 22.5. The number of hydrogen-bond acceptors (Lipinski definition) is 6. The van der Waals surface area contributed by atoms with Gasteiger partial charge < -0.3 is 5.32 Å². The Kier molecular flexibility index (Phi) is 3.23. The number of rotatable bonds is 3. The third-order valence-corrected chi connectivity index (χ3v) is 3.99. The van der Waals surface area contributed by atoms with E-state index in [2.05, 4.69) is 5.32 Å². The largest absolute Gasteiger partial charge is 0.378 e. The molecule has 98 valence electrons. The Morgan fingerprint density at radius 2 is 2.21 bits per heavy atom. The first-order valence-corrected chi connectivity index (χ1v) is 6.99. The molecule has 1 aliphatic heterocycles. The normalized spacial score (nSPS) is 19.8. The van der Waals surface area contributed by atoms with Crippen molar-refractivity contribution in [2.24, 2.45) is 0 Å². The molecule has 19 heavy (non-hydrogen) atoms. The average Bonchev–Trinajstić information content (AvgIpc) is 2.68. The average molecular weight is 279 g/mol. The molecule has 7 nitrogen and oxygen atoms in total. The van der Waals surface area contributed by atoms with Crippen molar-refractivity contribution in [3.63, 3.8) is 0 Å². The van der Waals surface area contributed by atoms with Gasteiger partial charge in [-0.25, -0.2) is 8.42 Å². The fraction of sp³-hybridized carbons (Fsp3) is 0.182. The second-order valence-corrected chi connectivity index (χ2v) is 5.94. The van der Waals surface area contributed by atoms with E-state index in [1.165, 1.54) is 24.3 Å². The number of nitro groups is 1. The molecule has 0 saturated heterocycles. The molecule has 0 bridgehead atoms. The topological polar surface area (TPSA) is 113 Å². The summed E-state index contributed by atoms with van der Waals surface area (Å²) in [6.45, 7) is 0. The number of nitrogens with one attached hydrogen (secondary N) is 1. The van der Waals surface area contributed by atoms with E-state index in [1.54, 1.807) is 6.07 Å². The molecule has 1 unspecified atom stereocenters. The lowest BCUT2D eigenvalue weighted by Crippen LogP contribution is -2.20. The second-order valence-electron chi connectivity index (χ2n) is 4.01. The van der Waals surface area contributed by atoms with Gasteiger partial charge in [-0.1, -0.05) is 6.08 Å². The summed E-state index contributed by atoms with van der Waals surface area (Å²) in [6.07, 6.45) is 1.50. The maximum absolute atomic E-state index is 11.2. The summed E-state index contributed by atoms with van der Waals surface area (Å²) in [5.74, 6) is -0.0636. The molecule has 0 spiro atoms. The lowest BCUT2D eigenvalue weighted by molar-refractivity contribution is -0.385. The van der Waals surface area contributed by atoms with Crippen LogP contribution in [0.15, 0.2) is 29.7 Å². The van der Waals surface area contributed by atoms with Crippen molar-refractivity contribution in [1.29, 1.82) is 5.26 Å². The number of nitriles is 1. The van der Waals surface area contributed by atoms with Crippen LogP contribution in [0.5, 0.6) is 0 Å². The number of sulfone groups is 1. The minimum absolute atomic E-state index is 0.0636. The summed E-state index contributed by atoms with van der Waals surface area (Å²) in [5.41, 5.74) is 0.122. The van der Waals surface area contributed by atoms with Gasteiger partial charge in [-0.05, 0) is 12.1 Å². The van der Waals surface area contributed by atoms with Crippen molar-refractivity contribution < 1.29 is 13.3 Å². The van der Waals surface area contributed by atoms with Crippen molar-refractivity contribution in [2.45, 2.75) is 6.04 Å². The third-order valence-electron chi connectivity index (χ3n) is 2.60. The Hall–Kier alpha value is -2.40. The van der Waals surface area contributed by atoms with Gasteiger partial charge in [0, 0.05) is 17.2 Å². The maximum Gasteiger partial charge on any atom is 0.287 e. The quantitative estimate of drug-likeness (QED) is 0.656. The number of hydrogen-bond donors (Lipinski definition) is 1. The molecule has 1 atom stereocenters. The third kappa shape index (κ3) is 2.89. The highest BCUT2D eigenvalue weighted by Crippen LogP contribution is 2.23. The Morgan fingerprint density at radius 3 is 2.74 bits per heavy atom. The number of anilines is 1. The van der Waals surface area contributed by atoms with Gasteiger partial charge in [0.15, 0.2) is 9.84 Å². The van der Waals surface area contributed by atoms with Crippen LogP contribution in [0.4, 0.5) is 11.4 Å². The van der Waals surface area contributed by atoms with E-state index in [9.17, 15) is 18.5 Å². The van der Waals surface area contributed by atoms with Crippen molar-refractivity contribution >= 4 is 21.2 Å². The molecule has 0 aromatic heterocycles. The van der Waals surface area contributed by atoms with Gasteiger partial charge >= 0.3 is 0 Å². The lowest BCUT2D eigenvalue weighted by Gasteiger charge is -2.11. The van der Waals surface area contributed by atoms with Gasteiger partial charge in [-0.15, -0.1) is 0 Å². The van der Waals surface area contributed by atoms with Crippen LogP contribution in [0.2, 0.25) is 0 Å². The smallest absolute Gasteiger partial charge is 0.287 e. The molecule has 8 heteroatoms. The van der Waals surface area contributed by atoms with Crippen LogP contribution in [0, 0.1) is 21.4 Å². The van der Waals surface area contributed by atoms with Crippen molar-refractivity contribution in [1.82, 2.24) is 0 Å². The predicted octanol–water partition coefficient (Wildman–Crippen LogP) is 1.19. The molecule has 0 aliphatic carbocycles. The zero-order chi connectivity index (χ0) is 14.0. The molecule has 1 aliphatic rings. The molecule has 1 N–H and O–H groups in total. The van der Waals surface area contributed by atoms with Gasteiger partial charge in [0.25, 0.3) is 5.69 Å². The van der Waals surface area contributed by atoms with Gasteiger partial charge in [0.1, 0.15) is 11.6 Å². The van der Waals surface area contributed by atoms with E-state index in [-0.39, 0.29) is 17.0 Å². The Bertz CT molecular complexity index is 703. The molecule has 1 aromatic rings. The predicted molar refractivity (Wildman–Crippen MR) is 68.1 cm³/mol. The van der Waals surface area contributed by atoms with Crippen molar-refractivity contribution in [3.8, 4) is 6.07 Å². The van der Waals surface area contributed by atoms with Gasteiger partial charge in [-0.2, -0.15) is 5.26 Å². The summed E-state index contributed by atoms with van der Waals surface area (Å²) >= 11 is 0. The molecule has 1 aromatic carbocycles. The van der Waals surface area contributed by atoms with Crippen LogP contribution < -0.4 is 5.32 Å². The van der Waals surface area contributed by atoms with E-state index in [1.807, 2.05) is 0 Å². The van der Waals surface area contributed by atoms with E-state index in [0.717, 1.165) is 5.41 Å². The summed E-state index contributed by atoms with van der Waals surface area (Å²) in [6, 6.07) is 5.34. The van der Waals surface area contributed by atoms with Crippen LogP contribution in [0.25, 0.3) is 0 Å². The lowest BCUT2D eigenvalue weighted by atomic mass is 10.1. The second kappa shape index (κ2) is 4.70. The van der Waals surface area contributed by atoms with Gasteiger partial charge in [0.2, 0.25) is 0 Å². The maximum atomic E-state index is 11.2. The highest BCUT2D eigenvalue weighted by Gasteiger charge is 2.22. The molecule has 0 amide bonds. The van der Waals surface area contributed by atoms with Gasteiger partial charge in [-0.3, -0.25) is 10.1 Å². The zero-order valence-electron chi connectivity index (χ0n) is 9.61. The van der Waals surface area contributed by atoms with Crippen LogP contribution in [-0.4, -0.2) is 25.1 Å². The van der Waals surface area contributed by atoms with E-state index < -0.39 is 20.8 Å². The monoisotopic (exact) mass is 279 g/mol. The fourth-order valence-corrected chi connectivity index (χ4v) is 2.99. The summed E-state index contributed by atoms with van der Waals surface area (Å²) in [4.78, 5) is 10.0. The number of nitro benzene ring substituents is 1. The molecular formula is C11H9N3O4S. The first-order valence-electron chi connectivity index (χ1n) is 5.27. The van der Waals surface area contributed by atoms with E-state index in [0.29, 0.717) is 5.69 Å². The standard InChI is InChI=1S/C11H9N3O4S/c12-6-8-5-9(1-2-11(8)14(15)16)13-10-3-4-19(17,18)7-10/h1-5,10,13H,7H2. The molecule has 0 fully saturated rings.